The van der Waals surface area contributed by atoms with Crippen LogP contribution in [0.15, 0.2) is 34.2 Å². The number of hydrogen-bond acceptors (Lipinski definition) is 5. The topological polar surface area (TPSA) is 101 Å². The third kappa shape index (κ3) is 2.16. The molecule has 7 heteroatoms. The first-order valence-corrected chi connectivity index (χ1v) is 4.98. The molecule has 0 amide bonds. The zero-order valence-corrected chi connectivity index (χ0v) is 9.23. The molecule has 0 bridgehead atoms. The van der Waals surface area contributed by atoms with E-state index in [1.807, 2.05) is 0 Å². The van der Waals surface area contributed by atoms with Crippen LogP contribution in [-0.4, -0.2) is 9.97 Å². The van der Waals surface area contributed by atoms with E-state index >= 15 is 0 Å². The Morgan fingerprint density at radius 3 is 2.47 bits per heavy atom. The van der Waals surface area contributed by atoms with E-state index in [-0.39, 0.29) is 11.6 Å². The standard InChI is InChI=1S/C10H7ClN4O2/c11-6-3-1-5(2-4-6)9-13-8(12)7(15-17)10(16)14-9/h1-4H,(H3,12,13,14,16). The number of nitrogen functional groups attached to an aromatic ring is 1. The van der Waals surface area contributed by atoms with Crippen LogP contribution in [0.1, 0.15) is 0 Å². The lowest BCUT2D eigenvalue weighted by molar-refractivity contribution is 1.12. The number of aromatic nitrogens is 2. The minimum Gasteiger partial charge on any atom is -0.382 e. The molecule has 0 unspecified atom stereocenters. The SMILES string of the molecule is Nc1nc(-c2ccc(Cl)cc2)[nH]c(=O)c1N=O. The highest BCUT2D eigenvalue weighted by molar-refractivity contribution is 6.30. The van der Waals surface area contributed by atoms with E-state index in [0.717, 1.165) is 0 Å². The minimum atomic E-state index is -0.669. The van der Waals surface area contributed by atoms with Crippen molar-refractivity contribution in [1.29, 1.82) is 0 Å². The third-order valence-electron chi connectivity index (χ3n) is 2.13. The summed E-state index contributed by atoms with van der Waals surface area (Å²) in [4.78, 5) is 28.1. The summed E-state index contributed by atoms with van der Waals surface area (Å²) in [7, 11) is 0. The van der Waals surface area contributed by atoms with Crippen molar-refractivity contribution >= 4 is 23.1 Å². The Balaban J connectivity index is 2.58. The molecule has 0 radical (unpaired) electrons. The van der Waals surface area contributed by atoms with Gasteiger partial charge in [-0.05, 0) is 29.4 Å². The van der Waals surface area contributed by atoms with Crippen molar-refractivity contribution in [3.05, 3.63) is 44.5 Å². The van der Waals surface area contributed by atoms with E-state index in [1.165, 1.54) is 0 Å². The number of benzene rings is 1. The molecular formula is C10H7ClN4O2. The van der Waals surface area contributed by atoms with Gasteiger partial charge in [-0.15, -0.1) is 4.91 Å². The highest BCUT2D eigenvalue weighted by Crippen LogP contribution is 2.20. The van der Waals surface area contributed by atoms with Crippen LogP contribution in [0.2, 0.25) is 5.02 Å². The molecule has 2 aromatic rings. The van der Waals surface area contributed by atoms with Crippen LogP contribution in [0.3, 0.4) is 0 Å². The molecule has 0 spiro atoms. The molecule has 2 rings (SSSR count). The quantitative estimate of drug-likeness (QED) is 0.797. The molecule has 0 atom stereocenters. The first kappa shape index (κ1) is 11.3. The Morgan fingerprint density at radius 1 is 1.29 bits per heavy atom. The fourth-order valence-corrected chi connectivity index (χ4v) is 1.44. The molecule has 0 aliphatic heterocycles. The summed E-state index contributed by atoms with van der Waals surface area (Å²) < 4.78 is 0. The largest absolute Gasteiger partial charge is 0.382 e. The summed E-state index contributed by atoms with van der Waals surface area (Å²) in [6.45, 7) is 0. The third-order valence-corrected chi connectivity index (χ3v) is 2.38. The van der Waals surface area contributed by atoms with Crippen LogP contribution >= 0.6 is 11.6 Å². The number of nitrogens with two attached hydrogens (primary N) is 1. The first-order chi connectivity index (χ1) is 8.11. The Hall–Kier alpha value is -2.21. The van der Waals surface area contributed by atoms with Gasteiger partial charge in [-0.25, -0.2) is 4.98 Å². The Labute approximate surface area is 100 Å². The highest BCUT2D eigenvalue weighted by atomic mass is 35.5. The average Bonchev–Trinajstić information content (AvgIpc) is 2.29. The van der Waals surface area contributed by atoms with Gasteiger partial charge in [0.2, 0.25) is 5.69 Å². The van der Waals surface area contributed by atoms with Gasteiger partial charge in [-0.1, -0.05) is 11.6 Å². The van der Waals surface area contributed by atoms with Crippen molar-refractivity contribution in [1.82, 2.24) is 9.97 Å². The van der Waals surface area contributed by atoms with Gasteiger partial charge in [-0.2, -0.15) is 0 Å². The van der Waals surface area contributed by atoms with Crippen molar-refractivity contribution in [2.75, 3.05) is 5.73 Å². The summed E-state index contributed by atoms with van der Waals surface area (Å²) in [5.74, 6) is 0.0604. The number of H-pyrrole nitrogens is 1. The number of rotatable bonds is 2. The summed E-state index contributed by atoms with van der Waals surface area (Å²) in [5, 5.41) is 3.08. The van der Waals surface area contributed by atoms with Crippen molar-refractivity contribution < 1.29 is 0 Å². The van der Waals surface area contributed by atoms with Gasteiger partial charge in [0.1, 0.15) is 5.82 Å². The smallest absolute Gasteiger partial charge is 0.282 e. The maximum atomic E-state index is 11.4. The van der Waals surface area contributed by atoms with E-state index in [9.17, 15) is 9.70 Å². The molecule has 1 heterocycles. The van der Waals surface area contributed by atoms with E-state index < -0.39 is 11.2 Å². The number of nitrogens with one attached hydrogen (secondary N) is 1. The van der Waals surface area contributed by atoms with E-state index in [2.05, 4.69) is 15.1 Å². The normalized spacial score (nSPS) is 10.2. The Morgan fingerprint density at radius 2 is 1.94 bits per heavy atom. The number of aromatic amines is 1. The maximum absolute atomic E-state index is 11.4. The molecule has 1 aromatic carbocycles. The molecule has 6 nitrogen and oxygen atoms in total. The van der Waals surface area contributed by atoms with Gasteiger partial charge in [0, 0.05) is 10.6 Å². The lowest BCUT2D eigenvalue weighted by Gasteiger charge is -2.02. The monoisotopic (exact) mass is 250 g/mol. The summed E-state index contributed by atoms with van der Waals surface area (Å²) >= 11 is 5.74. The lowest BCUT2D eigenvalue weighted by atomic mass is 10.2. The number of nitrogens with zero attached hydrogens (tertiary/aromatic N) is 2. The van der Waals surface area contributed by atoms with Gasteiger partial charge in [0.25, 0.3) is 5.56 Å². The molecule has 0 saturated carbocycles. The second-order valence-electron chi connectivity index (χ2n) is 3.25. The van der Waals surface area contributed by atoms with Gasteiger partial charge in [0.15, 0.2) is 5.82 Å². The van der Waals surface area contributed by atoms with Gasteiger partial charge < -0.3 is 10.7 Å². The van der Waals surface area contributed by atoms with Gasteiger partial charge >= 0.3 is 0 Å². The first-order valence-electron chi connectivity index (χ1n) is 4.61. The summed E-state index contributed by atoms with van der Waals surface area (Å²) in [6.07, 6.45) is 0. The number of halogens is 1. The van der Waals surface area contributed by atoms with Crippen molar-refractivity contribution in [3.63, 3.8) is 0 Å². The van der Waals surface area contributed by atoms with E-state index in [1.54, 1.807) is 24.3 Å². The molecule has 86 valence electrons. The fourth-order valence-electron chi connectivity index (χ4n) is 1.32. The minimum absolute atomic E-state index is 0.200. The summed E-state index contributed by atoms with van der Waals surface area (Å²) in [5.41, 5.74) is 5.00. The molecule has 0 aliphatic rings. The van der Waals surface area contributed by atoms with Crippen LogP contribution in [0.5, 0.6) is 0 Å². The van der Waals surface area contributed by atoms with Gasteiger partial charge in [0.05, 0.1) is 0 Å². The second-order valence-corrected chi connectivity index (χ2v) is 3.68. The van der Waals surface area contributed by atoms with Crippen molar-refractivity contribution in [3.8, 4) is 11.4 Å². The predicted octanol–water partition coefficient (Wildman–Crippen LogP) is 2.07. The maximum Gasteiger partial charge on any atom is 0.282 e. The van der Waals surface area contributed by atoms with Crippen LogP contribution < -0.4 is 11.3 Å². The summed E-state index contributed by atoms with van der Waals surface area (Å²) in [6, 6.07) is 6.65. The van der Waals surface area contributed by atoms with Crippen LogP contribution in [0.25, 0.3) is 11.4 Å². The molecule has 0 saturated heterocycles. The van der Waals surface area contributed by atoms with Crippen LogP contribution in [0.4, 0.5) is 11.5 Å². The number of anilines is 1. The van der Waals surface area contributed by atoms with Crippen molar-refractivity contribution in [2.24, 2.45) is 5.18 Å². The zero-order valence-electron chi connectivity index (χ0n) is 8.48. The van der Waals surface area contributed by atoms with Crippen LogP contribution in [0, 0.1) is 4.91 Å². The molecule has 0 fully saturated rings. The highest BCUT2D eigenvalue weighted by Gasteiger charge is 2.10. The second kappa shape index (κ2) is 4.34. The lowest BCUT2D eigenvalue weighted by Crippen LogP contribution is -2.11. The van der Waals surface area contributed by atoms with E-state index in [0.29, 0.717) is 10.6 Å². The average molecular weight is 251 g/mol. The van der Waals surface area contributed by atoms with Crippen molar-refractivity contribution in [2.45, 2.75) is 0 Å². The van der Waals surface area contributed by atoms with Gasteiger partial charge in [-0.3, -0.25) is 4.79 Å². The van der Waals surface area contributed by atoms with Crippen LogP contribution in [-0.2, 0) is 0 Å². The number of nitroso groups, excluding NO2 is 1. The number of hydrogen-bond donors (Lipinski definition) is 2. The predicted molar refractivity (Wildman–Crippen MR) is 65.2 cm³/mol. The molecule has 0 aliphatic carbocycles. The molecule has 3 N–H and O–H groups in total. The zero-order chi connectivity index (χ0) is 12.4. The van der Waals surface area contributed by atoms with E-state index in [4.69, 9.17) is 17.3 Å². The molecule has 17 heavy (non-hydrogen) atoms. The molecule has 1 aromatic heterocycles. The molecular weight excluding hydrogens is 244 g/mol. The fraction of sp³-hybridized carbons (Fsp3) is 0. The Kier molecular flexibility index (Phi) is 2.88. The Bertz CT molecular complexity index is 621.